The van der Waals surface area contributed by atoms with Gasteiger partial charge in [-0.05, 0) is 99.7 Å². The van der Waals surface area contributed by atoms with Gasteiger partial charge in [-0.3, -0.25) is 0 Å². The highest BCUT2D eigenvalue weighted by atomic mass is 16.3. The van der Waals surface area contributed by atoms with Gasteiger partial charge >= 0.3 is 0 Å². The van der Waals surface area contributed by atoms with Crippen LogP contribution in [-0.4, -0.2) is 4.98 Å². The Morgan fingerprint density at radius 2 is 0.849 bits per heavy atom. The molecule has 1 heterocycles. The summed E-state index contributed by atoms with van der Waals surface area (Å²) < 4.78 is 6.97. The van der Waals surface area contributed by atoms with Crippen molar-refractivity contribution in [2.75, 3.05) is 9.80 Å². The number of para-hydroxylation sites is 2. The molecule has 1 aromatic heterocycles. The van der Waals surface area contributed by atoms with E-state index in [9.17, 15) is 0 Å². The van der Waals surface area contributed by atoms with Crippen LogP contribution in [0.15, 0.2) is 205 Å². The molecule has 53 heavy (non-hydrogen) atoms. The van der Waals surface area contributed by atoms with E-state index in [-0.39, 0.29) is 0 Å². The third kappa shape index (κ3) is 5.45. The standard InChI is InChI=1S/C49H33N3O/c1-4-17-36(18-5-1)49-50-47-45(52(41-24-8-3-9-25-41)43-30-28-35-16-11-13-20-38(35)32-43)33-39-21-14-26-44(46(39)48(47)53-49)51(40-22-6-2-7-23-40)42-29-27-34-15-10-12-19-37(34)31-42/h1-33H. The average Bonchev–Trinajstić information content (AvgIpc) is 3.68. The second kappa shape index (κ2) is 12.9. The molecule has 0 spiro atoms. The Hall–Kier alpha value is -7.17. The molecule has 0 unspecified atom stereocenters. The van der Waals surface area contributed by atoms with Gasteiger partial charge in [0.15, 0.2) is 5.58 Å². The maximum atomic E-state index is 6.97. The van der Waals surface area contributed by atoms with Crippen molar-refractivity contribution in [3.05, 3.63) is 200 Å². The second-order valence-electron chi connectivity index (χ2n) is 13.2. The van der Waals surface area contributed by atoms with E-state index in [1.165, 1.54) is 21.5 Å². The Morgan fingerprint density at radius 3 is 1.43 bits per heavy atom. The largest absolute Gasteiger partial charge is 0.435 e. The molecular weight excluding hydrogens is 647 g/mol. The number of anilines is 6. The molecule has 0 bridgehead atoms. The Bertz CT molecular complexity index is 2900. The summed E-state index contributed by atoms with van der Waals surface area (Å²) in [5.74, 6) is 0.577. The lowest BCUT2D eigenvalue weighted by Crippen LogP contribution is -2.12. The fraction of sp³-hybridized carbons (Fsp3) is 0. The lowest BCUT2D eigenvalue weighted by atomic mass is 10.0. The van der Waals surface area contributed by atoms with Crippen molar-refractivity contribution in [1.82, 2.24) is 4.98 Å². The SMILES string of the molecule is c1ccc(-c2nc3c(N(c4ccccc4)c4ccc5ccccc5c4)cc4cccc(N(c5ccccc5)c5ccc6ccccc6c5)c4c3o2)cc1. The first-order chi connectivity index (χ1) is 26.3. The minimum Gasteiger partial charge on any atom is -0.435 e. The molecule has 4 heteroatoms. The van der Waals surface area contributed by atoms with Crippen molar-refractivity contribution in [3.8, 4) is 11.5 Å². The van der Waals surface area contributed by atoms with E-state index in [1.54, 1.807) is 0 Å². The number of fused-ring (bicyclic) bond motifs is 5. The summed E-state index contributed by atoms with van der Waals surface area (Å²) in [6.45, 7) is 0. The minimum atomic E-state index is 0.577. The number of oxazole rings is 1. The van der Waals surface area contributed by atoms with Gasteiger partial charge in [0.2, 0.25) is 5.89 Å². The van der Waals surface area contributed by atoms with Crippen LogP contribution in [0.25, 0.3) is 54.9 Å². The number of aromatic nitrogens is 1. The van der Waals surface area contributed by atoms with Gasteiger partial charge in [-0.25, -0.2) is 4.98 Å². The molecule has 10 rings (SSSR count). The Kier molecular flexibility index (Phi) is 7.43. The van der Waals surface area contributed by atoms with Crippen LogP contribution in [0.5, 0.6) is 0 Å². The van der Waals surface area contributed by atoms with Crippen LogP contribution in [0.4, 0.5) is 34.1 Å². The van der Waals surface area contributed by atoms with Crippen LogP contribution in [0.2, 0.25) is 0 Å². The van der Waals surface area contributed by atoms with Gasteiger partial charge in [-0.1, -0.05) is 127 Å². The molecule has 9 aromatic carbocycles. The molecular formula is C49H33N3O. The van der Waals surface area contributed by atoms with Crippen LogP contribution in [0.3, 0.4) is 0 Å². The summed E-state index contributed by atoms with van der Waals surface area (Å²) in [4.78, 5) is 9.96. The van der Waals surface area contributed by atoms with Gasteiger partial charge in [0.25, 0.3) is 0 Å². The highest BCUT2D eigenvalue weighted by Gasteiger charge is 2.25. The summed E-state index contributed by atoms with van der Waals surface area (Å²) in [6.07, 6.45) is 0. The van der Waals surface area contributed by atoms with Crippen LogP contribution in [0.1, 0.15) is 0 Å². The lowest BCUT2D eigenvalue weighted by Gasteiger charge is -2.29. The number of rotatable bonds is 7. The maximum absolute atomic E-state index is 6.97. The number of hydrogen-bond acceptors (Lipinski definition) is 4. The summed E-state index contributed by atoms with van der Waals surface area (Å²) in [5.41, 5.74) is 8.57. The molecule has 0 aliphatic carbocycles. The van der Waals surface area contributed by atoms with E-state index in [2.05, 4.69) is 192 Å². The number of hydrogen-bond donors (Lipinski definition) is 0. The van der Waals surface area contributed by atoms with Crippen molar-refractivity contribution >= 4 is 77.5 Å². The number of nitrogens with zero attached hydrogens (tertiary/aromatic N) is 3. The van der Waals surface area contributed by atoms with E-state index >= 15 is 0 Å². The van der Waals surface area contributed by atoms with Crippen LogP contribution >= 0.6 is 0 Å². The van der Waals surface area contributed by atoms with E-state index in [4.69, 9.17) is 9.40 Å². The third-order valence-electron chi connectivity index (χ3n) is 9.98. The predicted octanol–water partition coefficient (Wildman–Crippen LogP) is 13.9. The fourth-order valence-corrected chi connectivity index (χ4v) is 7.51. The molecule has 4 nitrogen and oxygen atoms in total. The molecule has 0 saturated heterocycles. The van der Waals surface area contributed by atoms with E-state index in [1.807, 2.05) is 18.2 Å². The van der Waals surface area contributed by atoms with E-state index in [0.717, 1.165) is 61.6 Å². The average molecular weight is 680 g/mol. The van der Waals surface area contributed by atoms with Crippen molar-refractivity contribution in [2.24, 2.45) is 0 Å². The first-order valence-corrected chi connectivity index (χ1v) is 17.9. The van der Waals surface area contributed by atoms with E-state index in [0.29, 0.717) is 5.89 Å². The molecule has 250 valence electrons. The lowest BCUT2D eigenvalue weighted by molar-refractivity contribution is 0.623. The minimum absolute atomic E-state index is 0.577. The summed E-state index contributed by atoms with van der Waals surface area (Å²) in [5, 5.41) is 6.78. The van der Waals surface area contributed by atoms with Gasteiger partial charge in [0, 0.05) is 28.3 Å². The maximum Gasteiger partial charge on any atom is 0.227 e. The molecule has 0 saturated carbocycles. The smallest absolute Gasteiger partial charge is 0.227 e. The summed E-state index contributed by atoms with van der Waals surface area (Å²) in [7, 11) is 0. The Labute approximate surface area is 307 Å². The summed E-state index contributed by atoms with van der Waals surface area (Å²) in [6, 6.07) is 70.3. The molecule has 0 atom stereocenters. The first-order valence-electron chi connectivity index (χ1n) is 17.9. The quantitative estimate of drug-likeness (QED) is 0.168. The topological polar surface area (TPSA) is 32.5 Å². The molecule has 0 fully saturated rings. The predicted molar refractivity (Wildman–Crippen MR) is 221 cm³/mol. The summed E-state index contributed by atoms with van der Waals surface area (Å²) >= 11 is 0. The zero-order valence-electron chi connectivity index (χ0n) is 28.8. The Balaban J connectivity index is 1.28. The molecule has 0 aliphatic rings. The van der Waals surface area contributed by atoms with Crippen molar-refractivity contribution in [3.63, 3.8) is 0 Å². The van der Waals surface area contributed by atoms with E-state index < -0.39 is 0 Å². The fourth-order valence-electron chi connectivity index (χ4n) is 7.51. The zero-order valence-corrected chi connectivity index (χ0v) is 28.8. The monoisotopic (exact) mass is 679 g/mol. The van der Waals surface area contributed by atoms with Gasteiger partial charge in [0.05, 0.1) is 16.8 Å². The molecule has 0 amide bonds. The second-order valence-corrected chi connectivity index (χ2v) is 13.2. The number of benzene rings is 9. The van der Waals surface area contributed by atoms with Gasteiger partial charge < -0.3 is 14.2 Å². The normalized spacial score (nSPS) is 11.4. The third-order valence-corrected chi connectivity index (χ3v) is 9.98. The van der Waals surface area contributed by atoms with Gasteiger partial charge in [0.1, 0.15) is 5.52 Å². The van der Waals surface area contributed by atoms with Crippen LogP contribution < -0.4 is 9.80 Å². The molecule has 10 aromatic rings. The molecule has 0 aliphatic heterocycles. The van der Waals surface area contributed by atoms with Crippen LogP contribution in [-0.2, 0) is 0 Å². The highest BCUT2D eigenvalue weighted by Crippen LogP contribution is 2.48. The van der Waals surface area contributed by atoms with Gasteiger partial charge in [-0.15, -0.1) is 0 Å². The molecule has 0 radical (unpaired) electrons. The molecule has 0 N–H and O–H groups in total. The Morgan fingerprint density at radius 1 is 0.358 bits per heavy atom. The first kappa shape index (κ1) is 30.6. The highest BCUT2D eigenvalue weighted by molar-refractivity contribution is 6.17. The van der Waals surface area contributed by atoms with Crippen LogP contribution in [0, 0.1) is 0 Å². The van der Waals surface area contributed by atoms with Gasteiger partial charge in [-0.2, -0.15) is 0 Å². The van der Waals surface area contributed by atoms with Crippen molar-refractivity contribution < 1.29 is 4.42 Å². The zero-order chi connectivity index (χ0) is 35.1. The van der Waals surface area contributed by atoms with Crippen molar-refractivity contribution in [2.45, 2.75) is 0 Å². The van der Waals surface area contributed by atoms with Crippen molar-refractivity contribution in [1.29, 1.82) is 0 Å².